The Balaban J connectivity index is 2.03. The molecule has 0 heterocycles. The lowest BCUT2D eigenvalue weighted by molar-refractivity contribution is 0.0697. The molecule has 2 aromatic carbocycles. The minimum atomic E-state index is -1.10. The van der Waals surface area contributed by atoms with Crippen LogP contribution in [0.5, 0.6) is 0 Å². The molecule has 0 aliphatic heterocycles. The van der Waals surface area contributed by atoms with Crippen LogP contribution in [-0.2, 0) is 11.3 Å². The van der Waals surface area contributed by atoms with E-state index in [-0.39, 0.29) is 17.9 Å². The molecule has 5 nitrogen and oxygen atoms in total. The molecule has 0 radical (unpaired) electrons. The van der Waals surface area contributed by atoms with Gasteiger partial charge in [-0.2, -0.15) is 0 Å². The van der Waals surface area contributed by atoms with Gasteiger partial charge < -0.3 is 9.84 Å². The van der Waals surface area contributed by atoms with Crippen LogP contribution in [-0.4, -0.2) is 17.2 Å². The third-order valence-corrected chi connectivity index (χ3v) is 3.58. The number of anilines is 1. The third kappa shape index (κ3) is 4.19. The maximum absolute atomic E-state index is 11.7. The summed E-state index contributed by atoms with van der Waals surface area (Å²) in [5.41, 5.74) is 1.12. The van der Waals surface area contributed by atoms with Gasteiger partial charge in [0.1, 0.15) is 6.61 Å². The zero-order chi connectivity index (χ0) is 15.2. The van der Waals surface area contributed by atoms with Crippen molar-refractivity contribution < 1.29 is 19.4 Å². The molecule has 0 unspecified atom stereocenters. The fraction of sp³-hybridized carbons (Fsp3) is 0.0667. The van der Waals surface area contributed by atoms with Gasteiger partial charge in [-0.1, -0.05) is 36.4 Å². The fourth-order valence-corrected chi connectivity index (χ4v) is 2.44. The Labute approximate surface area is 135 Å². The van der Waals surface area contributed by atoms with Crippen molar-refractivity contribution in [3.63, 3.8) is 0 Å². The average molecular weight is 397 g/mol. The van der Waals surface area contributed by atoms with Crippen LogP contribution in [0.2, 0.25) is 0 Å². The van der Waals surface area contributed by atoms with Crippen molar-refractivity contribution in [2.24, 2.45) is 0 Å². The van der Waals surface area contributed by atoms with Crippen molar-refractivity contribution in [3.05, 3.63) is 63.2 Å². The van der Waals surface area contributed by atoms with Crippen LogP contribution < -0.4 is 5.32 Å². The number of halogens is 1. The van der Waals surface area contributed by atoms with Crippen LogP contribution in [0.3, 0.4) is 0 Å². The van der Waals surface area contributed by atoms with Gasteiger partial charge in [-0.05, 0) is 40.3 Å². The van der Waals surface area contributed by atoms with E-state index in [0.717, 1.165) is 5.56 Å². The molecule has 108 valence electrons. The lowest BCUT2D eigenvalue weighted by atomic mass is 10.2. The zero-order valence-electron chi connectivity index (χ0n) is 10.9. The Morgan fingerprint density at radius 2 is 1.81 bits per heavy atom. The van der Waals surface area contributed by atoms with E-state index in [4.69, 9.17) is 4.74 Å². The number of aromatic carboxylic acids is 1. The van der Waals surface area contributed by atoms with Crippen molar-refractivity contribution in [1.29, 1.82) is 0 Å². The lowest BCUT2D eigenvalue weighted by Crippen LogP contribution is -2.16. The second-order valence-electron chi connectivity index (χ2n) is 4.15. The molecule has 1 amide bonds. The molecular weight excluding hydrogens is 385 g/mol. The molecule has 21 heavy (non-hydrogen) atoms. The Morgan fingerprint density at radius 3 is 2.48 bits per heavy atom. The van der Waals surface area contributed by atoms with E-state index >= 15 is 0 Å². The van der Waals surface area contributed by atoms with Crippen LogP contribution in [0.1, 0.15) is 15.9 Å². The lowest BCUT2D eigenvalue weighted by Gasteiger charge is -2.10. The molecule has 0 saturated carbocycles. The number of benzene rings is 2. The molecule has 0 aliphatic carbocycles. The van der Waals surface area contributed by atoms with Crippen molar-refractivity contribution in [1.82, 2.24) is 0 Å². The molecule has 2 N–H and O–H groups in total. The Bertz CT molecular complexity index is 658. The summed E-state index contributed by atoms with van der Waals surface area (Å²) in [5, 5.41) is 11.6. The SMILES string of the molecule is O=C(Nc1cccc(I)c1C(=O)O)OCc1ccccc1. The first-order chi connectivity index (χ1) is 10.1. The number of hydrogen-bond donors (Lipinski definition) is 2. The van der Waals surface area contributed by atoms with E-state index in [1.54, 1.807) is 12.1 Å². The quantitative estimate of drug-likeness (QED) is 0.771. The third-order valence-electron chi connectivity index (χ3n) is 2.68. The van der Waals surface area contributed by atoms with Gasteiger partial charge in [0.25, 0.3) is 0 Å². The predicted molar refractivity (Wildman–Crippen MR) is 86.4 cm³/mol. The number of rotatable bonds is 4. The first kappa shape index (κ1) is 15.3. The van der Waals surface area contributed by atoms with Gasteiger partial charge in [0, 0.05) is 3.57 Å². The Hall–Kier alpha value is -2.09. The summed E-state index contributed by atoms with van der Waals surface area (Å²) < 4.78 is 5.60. The molecular formula is C15H12INO4. The van der Waals surface area contributed by atoms with Crippen molar-refractivity contribution in [3.8, 4) is 0 Å². The van der Waals surface area contributed by atoms with E-state index in [1.165, 1.54) is 6.07 Å². The molecule has 0 atom stereocenters. The monoisotopic (exact) mass is 397 g/mol. The summed E-state index contributed by atoms with van der Waals surface area (Å²) >= 11 is 1.91. The van der Waals surface area contributed by atoms with Crippen molar-refractivity contribution >= 4 is 40.3 Å². The average Bonchev–Trinajstić information content (AvgIpc) is 2.46. The topological polar surface area (TPSA) is 75.6 Å². The van der Waals surface area contributed by atoms with E-state index in [1.807, 2.05) is 52.9 Å². The van der Waals surface area contributed by atoms with Gasteiger partial charge in [-0.25, -0.2) is 9.59 Å². The van der Waals surface area contributed by atoms with Gasteiger partial charge in [-0.15, -0.1) is 0 Å². The maximum Gasteiger partial charge on any atom is 0.411 e. The molecule has 0 spiro atoms. The van der Waals surface area contributed by atoms with E-state index in [9.17, 15) is 14.7 Å². The van der Waals surface area contributed by atoms with Gasteiger partial charge in [0.15, 0.2) is 0 Å². The first-order valence-electron chi connectivity index (χ1n) is 6.07. The molecule has 0 fully saturated rings. The highest BCUT2D eigenvalue weighted by atomic mass is 127. The van der Waals surface area contributed by atoms with Crippen molar-refractivity contribution in [2.45, 2.75) is 6.61 Å². The highest BCUT2D eigenvalue weighted by Gasteiger charge is 2.16. The molecule has 0 aromatic heterocycles. The number of carbonyl (C=O) groups excluding carboxylic acids is 1. The molecule has 6 heteroatoms. The number of carbonyl (C=O) groups is 2. The number of carboxylic acids is 1. The first-order valence-corrected chi connectivity index (χ1v) is 7.15. The van der Waals surface area contributed by atoms with Crippen LogP contribution in [0.4, 0.5) is 10.5 Å². The fourth-order valence-electron chi connectivity index (χ4n) is 1.71. The normalized spacial score (nSPS) is 9.95. The predicted octanol–water partition coefficient (Wildman–Crippen LogP) is 3.74. The van der Waals surface area contributed by atoms with Crippen molar-refractivity contribution in [2.75, 3.05) is 5.32 Å². The number of ether oxygens (including phenoxy) is 1. The van der Waals surface area contributed by atoms with Gasteiger partial charge in [0.05, 0.1) is 11.3 Å². The highest BCUT2D eigenvalue weighted by Crippen LogP contribution is 2.22. The summed E-state index contributed by atoms with van der Waals surface area (Å²) in [6.45, 7) is 0.124. The number of amides is 1. The maximum atomic E-state index is 11.7. The van der Waals surface area contributed by atoms with Crippen LogP contribution in [0.15, 0.2) is 48.5 Å². The summed E-state index contributed by atoms with van der Waals surface area (Å²) in [6, 6.07) is 14.1. The van der Waals surface area contributed by atoms with Crippen LogP contribution in [0, 0.1) is 3.57 Å². The number of hydrogen-bond acceptors (Lipinski definition) is 3. The minimum absolute atomic E-state index is 0.0507. The summed E-state index contributed by atoms with van der Waals surface area (Å²) in [4.78, 5) is 22.9. The minimum Gasteiger partial charge on any atom is -0.478 e. The molecule has 2 rings (SSSR count). The van der Waals surface area contributed by atoms with Gasteiger partial charge in [-0.3, -0.25) is 5.32 Å². The summed E-state index contributed by atoms with van der Waals surface area (Å²) in [7, 11) is 0. The second kappa shape index (κ2) is 7.07. The second-order valence-corrected chi connectivity index (χ2v) is 5.32. The molecule has 0 aliphatic rings. The van der Waals surface area contributed by atoms with E-state index < -0.39 is 12.1 Å². The van der Waals surface area contributed by atoms with Crippen LogP contribution in [0.25, 0.3) is 0 Å². The molecule has 0 saturated heterocycles. The zero-order valence-corrected chi connectivity index (χ0v) is 13.0. The Kier molecular flexibility index (Phi) is 5.15. The summed E-state index contributed by atoms with van der Waals surface area (Å²) in [5.74, 6) is -1.10. The number of nitrogens with one attached hydrogen (secondary N) is 1. The van der Waals surface area contributed by atoms with E-state index in [2.05, 4.69) is 5.32 Å². The highest BCUT2D eigenvalue weighted by molar-refractivity contribution is 14.1. The largest absolute Gasteiger partial charge is 0.478 e. The van der Waals surface area contributed by atoms with Gasteiger partial charge >= 0.3 is 12.1 Å². The summed E-state index contributed by atoms with van der Waals surface area (Å²) in [6.07, 6.45) is -0.691. The molecule has 0 bridgehead atoms. The molecule has 2 aromatic rings. The van der Waals surface area contributed by atoms with Gasteiger partial charge in [0.2, 0.25) is 0 Å². The smallest absolute Gasteiger partial charge is 0.411 e. The van der Waals surface area contributed by atoms with Crippen LogP contribution >= 0.6 is 22.6 Å². The Morgan fingerprint density at radius 1 is 1.10 bits per heavy atom. The van der Waals surface area contributed by atoms with E-state index in [0.29, 0.717) is 3.57 Å². The standard InChI is InChI=1S/C15H12INO4/c16-11-7-4-8-12(13(11)14(18)19)17-15(20)21-9-10-5-2-1-3-6-10/h1-8H,9H2,(H,17,20)(H,18,19). The number of carboxylic acid groups (broad SMARTS) is 1.